The molecule has 2 aromatic carbocycles. The monoisotopic (exact) mass is 390 g/mol. The third-order valence-corrected chi connectivity index (χ3v) is 5.18. The molecule has 0 amide bonds. The fourth-order valence-electron chi connectivity index (χ4n) is 3.21. The fourth-order valence-corrected chi connectivity index (χ4v) is 3.44. The van der Waals surface area contributed by atoms with Crippen LogP contribution in [0.4, 0.5) is 0 Å². The average molecular weight is 391 g/mol. The molecule has 0 N–H and O–H groups in total. The van der Waals surface area contributed by atoms with E-state index in [9.17, 15) is 0 Å². The summed E-state index contributed by atoms with van der Waals surface area (Å²) in [6.45, 7) is 5.98. The Labute approximate surface area is 170 Å². The zero-order valence-electron chi connectivity index (χ0n) is 17.1. The molecule has 3 heteroatoms. The van der Waals surface area contributed by atoms with E-state index in [0.717, 1.165) is 48.3 Å². The molecule has 0 atom stereocenters. The van der Waals surface area contributed by atoms with E-state index < -0.39 is 0 Å². The smallest absolute Gasteiger partial charge is 0.138 e. The number of benzene rings is 2. The molecule has 0 spiro atoms. The van der Waals surface area contributed by atoms with Gasteiger partial charge in [-0.1, -0.05) is 82.9 Å². The summed E-state index contributed by atoms with van der Waals surface area (Å²) in [5.74, 6) is 1.70. The normalized spacial score (nSPS) is 11.1. The van der Waals surface area contributed by atoms with E-state index in [2.05, 4.69) is 26.0 Å². The van der Waals surface area contributed by atoms with Crippen LogP contribution in [0.15, 0.2) is 30.3 Å². The summed E-state index contributed by atoms with van der Waals surface area (Å²) >= 11 is 6.43. The van der Waals surface area contributed by atoms with Gasteiger partial charge in [0.2, 0.25) is 0 Å². The van der Waals surface area contributed by atoms with E-state index >= 15 is 0 Å². The number of hydrogen-bond donors (Lipinski definition) is 0. The number of fused-ring (bicyclic) bond motifs is 1. The standard InChI is InChI=1S/C24H35ClO2/c1-3-5-7-9-11-15-26-22-14-13-20-19-24(23(25)18-21(20)17-22)27-16-12-10-8-6-4-2/h13-14,17-19H,3-12,15-16H2,1-2H3. The van der Waals surface area contributed by atoms with Crippen molar-refractivity contribution in [1.29, 1.82) is 0 Å². The van der Waals surface area contributed by atoms with Crippen LogP contribution in [0.2, 0.25) is 5.02 Å². The van der Waals surface area contributed by atoms with Crippen LogP contribution in [-0.4, -0.2) is 13.2 Å². The van der Waals surface area contributed by atoms with Crippen molar-refractivity contribution in [3.05, 3.63) is 35.4 Å². The molecular formula is C24H35ClO2. The zero-order chi connectivity index (χ0) is 19.3. The fraction of sp³-hybridized carbons (Fsp3) is 0.583. The molecule has 0 fully saturated rings. The van der Waals surface area contributed by atoms with Crippen LogP contribution in [0.1, 0.15) is 78.1 Å². The minimum Gasteiger partial charge on any atom is -0.494 e. The predicted molar refractivity (Wildman–Crippen MR) is 117 cm³/mol. The van der Waals surface area contributed by atoms with Gasteiger partial charge in [-0.15, -0.1) is 0 Å². The second-order valence-electron chi connectivity index (χ2n) is 7.32. The number of hydrogen-bond acceptors (Lipinski definition) is 2. The molecule has 0 radical (unpaired) electrons. The zero-order valence-corrected chi connectivity index (χ0v) is 17.8. The van der Waals surface area contributed by atoms with Crippen molar-refractivity contribution in [2.75, 3.05) is 13.2 Å². The number of ether oxygens (including phenoxy) is 2. The molecule has 0 aliphatic carbocycles. The first kappa shape index (κ1) is 21.9. The van der Waals surface area contributed by atoms with Crippen molar-refractivity contribution in [2.24, 2.45) is 0 Å². The van der Waals surface area contributed by atoms with E-state index in [4.69, 9.17) is 21.1 Å². The Balaban J connectivity index is 1.84. The van der Waals surface area contributed by atoms with E-state index in [-0.39, 0.29) is 0 Å². The lowest BCUT2D eigenvalue weighted by molar-refractivity contribution is 0.304. The Bertz CT molecular complexity index is 669. The molecule has 0 unspecified atom stereocenters. The van der Waals surface area contributed by atoms with Crippen molar-refractivity contribution in [1.82, 2.24) is 0 Å². The van der Waals surface area contributed by atoms with E-state index in [0.29, 0.717) is 5.02 Å². The van der Waals surface area contributed by atoms with Crippen molar-refractivity contribution < 1.29 is 9.47 Å². The lowest BCUT2D eigenvalue weighted by atomic mass is 10.1. The highest BCUT2D eigenvalue weighted by molar-refractivity contribution is 6.32. The summed E-state index contributed by atoms with van der Waals surface area (Å²) in [5.41, 5.74) is 0. The maximum atomic E-state index is 6.43. The number of unbranched alkanes of at least 4 members (excludes halogenated alkanes) is 8. The summed E-state index contributed by atoms with van der Waals surface area (Å²) < 4.78 is 11.8. The molecule has 150 valence electrons. The van der Waals surface area contributed by atoms with Gasteiger partial charge >= 0.3 is 0 Å². The van der Waals surface area contributed by atoms with Crippen LogP contribution >= 0.6 is 11.6 Å². The van der Waals surface area contributed by atoms with E-state index in [1.54, 1.807) is 0 Å². The maximum absolute atomic E-state index is 6.43. The number of halogens is 1. The largest absolute Gasteiger partial charge is 0.494 e. The first-order valence-electron chi connectivity index (χ1n) is 10.7. The summed E-state index contributed by atoms with van der Waals surface area (Å²) in [6.07, 6.45) is 12.4. The summed E-state index contributed by atoms with van der Waals surface area (Å²) in [6, 6.07) is 10.2. The van der Waals surface area contributed by atoms with E-state index in [1.165, 1.54) is 51.4 Å². The molecule has 0 saturated heterocycles. The molecule has 0 heterocycles. The second-order valence-corrected chi connectivity index (χ2v) is 7.72. The second kappa shape index (κ2) is 12.9. The van der Waals surface area contributed by atoms with Gasteiger partial charge in [-0.2, -0.15) is 0 Å². The lowest BCUT2D eigenvalue weighted by Crippen LogP contribution is -1.98. The minimum absolute atomic E-state index is 0.674. The molecule has 2 aromatic rings. The molecule has 0 aromatic heterocycles. The summed E-state index contributed by atoms with van der Waals surface area (Å²) in [7, 11) is 0. The Morgan fingerprint density at radius 2 is 1.30 bits per heavy atom. The number of rotatable bonds is 14. The highest BCUT2D eigenvalue weighted by Gasteiger charge is 2.06. The van der Waals surface area contributed by atoms with Crippen molar-refractivity contribution in [3.63, 3.8) is 0 Å². The van der Waals surface area contributed by atoms with Gasteiger partial charge in [-0.05, 0) is 47.9 Å². The molecule has 27 heavy (non-hydrogen) atoms. The Morgan fingerprint density at radius 3 is 1.96 bits per heavy atom. The molecule has 0 saturated carbocycles. The SMILES string of the molecule is CCCCCCCOc1ccc2cc(OCCCCCCC)c(Cl)cc2c1. The highest BCUT2D eigenvalue weighted by atomic mass is 35.5. The summed E-state index contributed by atoms with van der Waals surface area (Å²) in [5, 5.41) is 2.90. The lowest BCUT2D eigenvalue weighted by Gasteiger charge is -2.11. The Hall–Kier alpha value is -1.41. The first-order chi connectivity index (χ1) is 13.2. The minimum atomic E-state index is 0.674. The van der Waals surface area contributed by atoms with Gasteiger partial charge in [0.15, 0.2) is 0 Å². The predicted octanol–water partition coefficient (Wildman–Crippen LogP) is 8.19. The van der Waals surface area contributed by atoms with Crippen LogP contribution in [0, 0.1) is 0 Å². The molecule has 0 aliphatic rings. The van der Waals surface area contributed by atoms with Crippen LogP contribution in [0.5, 0.6) is 11.5 Å². The van der Waals surface area contributed by atoms with Crippen molar-refractivity contribution in [2.45, 2.75) is 78.1 Å². The highest BCUT2D eigenvalue weighted by Crippen LogP contribution is 2.32. The third-order valence-electron chi connectivity index (χ3n) is 4.88. The Morgan fingerprint density at radius 1 is 0.667 bits per heavy atom. The van der Waals surface area contributed by atoms with Crippen molar-refractivity contribution in [3.8, 4) is 11.5 Å². The summed E-state index contributed by atoms with van der Waals surface area (Å²) in [4.78, 5) is 0. The van der Waals surface area contributed by atoms with Crippen LogP contribution < -0.4 is 9.47 Å². The molecular weight excluding hydrogens is 356 g/mol. The average Bonchev–Trinajstić information content (AvgIpc) is 2.67. The first-order valence-corrected chi connectivity index (χ1v) is 11.1. The molecule has 0 bridgehead atoms. The van der Waals surface area contributed by atoms with Crippen molar-refractivity contribution >= 4 is 22.4 Å². The van der Waals surface area contributed by atoms with E-state index in [1.807, 2.05) is 18.2 Å². The van der Waals surface area contributed by atoms with Crippen LogP contribution in [0.25, 0.3) is 10.8 Å². The Kier molecular flexibility index (Phi) is 10.4. The van der Waals surface area contributed by atoms with Gasteiger partial charge in [-0.25, -0.2) is 0 Å². The maximum Gasteiger partial charge on any atom is 0.138 e. The van der Waals surface area contributed by atoms with Gasteiger partial charge in [0.1, 0.15) is 11.5 Å². The quantitative estimate of drug-likeness (QED) is 0.302. The van der Waals surface area contributed by atoms with Gasteiger partial charge in [0.25, 0.3) is 0 Å². The van der Waals surface area contributed by atoms with Gasteiger partial charge in [0.05, 0.1) is 18.2 Å². The van der Waals surface area contributed by atoms with Gasteiger partial charge < -0.3 is 9.47 Å². The van der Waals surface area contributed by atoms with Gasteiger partial charge in [-0.3, -0.25) is 0 Å². The van der Waals surface area contributed by atoms with Gasteiger partial charge in [0, 0.05) is 0 Å². The third kappa shape index (κ3) is 8.01. The van der Waals surface area contributed by atoms with Crippen LogP contribution in [-0.2, 0) is 0 Å². The molecule has 2 rings (SSSR count). The van der Waals surface area contributed by atoms with Crippen LogP contribution in [0.3, 0.4) is 0 Å². The topological polar surface area (TPSA) is 18.5 Å². The molecule has 0 aliphatic heterocycles. The molecule has 2 nitrogen and oxygen atoms in total.